The van der Waals surface area contributed by atoms with E-state index in [2.05, 4.69) is 24.4 Å². The van der Waals surface area contributed by atoms with E-state index in [1.165, 1.54) is 35.3 Å². The number of benzene rings is 1. The van der Waals surface area contributed by atoms with E-state index < -0.39 is 0 Å². The maximum atomic E-state index is 6.16. The minimum Gasteiger partial charge on any atom is -0.306 e. The summed E-state index contributed by atoms with van der Waals surface area (Å²) in [5.41, 5.74) is 2.72. The standard InChI is InChI=1S/C16H17Cl2NS/c1-2-19-16(11-6-7-12(17)13(18)8-11)15-9-10-4-3-5-14(10)20-15/h6-9,16,19H,2-5H2,1H3. The van der Waals surface area contributed by atoms with Crippen LogP contribution in [0.2, 0.25) is 10.0 Å². The van der Waals surface area contributed by atoms with Gasteiger partial charge in [0.25, 0.3) is 0 Å². The second kappa shape index (κ2) is 6.07. The van der Waals surface area contributed by atoms with Gasteiger partial charge >= 0.3 is 0 Å². The van der Waals surface area contributed by atoms with Crippen molar-refractivity contribution in [3.8, 4) is 0 Å². The molecule has 0 fully saturated rings. The van der Waals surface area contributed by atoms with Crippen LogP contribution in [0.15, 0.2) is 24.3 Å². The lowest BCUT2D eigenvalue weighted by Gasteiger charge is -2.17. The van der Waals surface area contributed by atoms with Crippen molar-refractivity contribution in [2.24, 2.45) is 0 Å². The van der Waals surface area contributed by atoms with Gasteiger partial charge in [-0.05, 0) is 55.1 Å². The number of fused-ring (bicyclic) bond motifs is 1. The Bertz CT molecular complexity index is 599. The fourth-order valence-corrected chi connectivity index (χ4v) is 4.44. The molecule has 1 nitrogen and oxygen atoms in total. The number of thiophene rings is 1. The Hall–Kier alpha value is -0.540. The van der Waals surface area contributed by atoms with Crippen LogP contribution in [0.3, 0.4) is 0 Å². The first-order valence-corrected chi connectivity index (χ1v) is 8.56. The molecule has 0 aliphatic heterocycles. The number of hydrogen-bond acceptors (Lipinski definition) is 2. The van der Waals surface area contributed by atoms with Crippen LogP contribution in [-0.2, 0) is 12.8 Å². The third-order valence-corrected chi connectivity index (χ3v) is 5.78. The summed E-state index contributed by atoms with van der Waals surface area (Å²) in [6, 6.07) is 8.49. The zero-order valence-electron chi connectivity index (χ0n) is 11.4. The average Bonchev–Trinajstić information content (AvgIpc) is 3.00. The zero-order chi connectivity index (χ0) is 14.1. The molecule has 1 aromatic heterocycles. The van der Waals surface area contributed by atoms with Gasteiger partial charge in [0.05, 0.1) is 16.1 Å². The fourth-order valence-electron chi connectivity index (χ4n) is 2.77. The predicted molar refractivity (Wildman–Crippen MR) is 88.3 cm³/mol. The number of halogens is 2. The van der Waals surface area contributed by atoms with Gasteiger partial charge in [0, 0.05) is 9.75 Å². The summed E-state index contributed by atoms with van der Waals surface area (Å²) in [5.74, 6) is 0. The Labute approximate surface area is 133 Å². The third-order valence-electron chi connectivity index (χ3n) is 3.74. The number of aryl methyl sites for hydroxylation is 2. The highest BCUT2D eigenvalue weighted by Crippen LogP contribution is 2.37. The minimum atomic E-state index is 0.213. The van der Waals surface area contributed by atoms with Crippen LogP contribution in [0.4, 0.5) is 0 Å². The largest absolute Gasteiger partial charge is 0.306 e. The Kier molecular flexibility index (Phi) is 4.37. The SMILES string of the molecule is CCNC(c1ccc(Cl)c(Cl)c1)c1cc2c(s1)CCC2. The van der Waals surface area contributed by atoms with Gasteiger partial charge in [0.15, 0.2) is 0 Å². The highest BCUT2D eigenvalue weighted by atomic mass is 35.5. The van der Waals surface area contributed by atoms with E-state index in [1.807, 2.05) is 23.5 Å². The molecule has 4 heteroatoms. The van der Waals surface area contributed by atoms with E-state index in [0.29, 0.717) is 10.0 Å². The smallest absolute Gasteiger partial charge is 0.0671 e. The van der Waals surface area contributed by atoms with Gasteiger partial charge in [-0.1, -0.05) is 36.2 Å². The Morgan fingerprint density at radius 2 is 2.05 bits per heavy atom. The molecule has 106 valence electrons. The molecule has 2 aromatic rings. The van der Waals surface area contributed by atoms with Crippen LogP contribution >= 0.6 is 34.5 Å². The molecule has 0 saturated heterocycles. The van der Waals surface area contributed by atoms with Crippen molar-refractivity contribution < 1.29 is 0 Å². The highest BCUT2D eigenvalue weighted by molar-refractivity contribution is 7.12. The maximum Gasteiger partial charge on any atom is 0.0671 e. The van der Waals surface area contributed by atoms with Gasteiger partial charge < -0.3 is 5.32 Å². The average molecular weight is 326 g/mol. The van der Waals surface area contributed by atoms with Crippen LogP contribution < -0.4 is 5.32 Å². The van der Waals surface area contributed by atoms with Crippen molar-refractivity contribution in [1.29, 1.82) is 0 Å². The maximum absolute atomic E-state index is 6.16. The molecular weight excluding hydrogens is 309 g/mol. The van der Waals surface area contributed by atoms with Gasteiger partial charge in [0.1, 0.15) is 0 Å². The lowest BCUT2D eigenvalue weighted by molar-refractivity contribution is 0.639. The van der Waals surface area contributed by atoms with Gasteiger partial charge in [-0.2, -0.15) is 0 Å². The Morgan fingerprint density at radius 1 is 1.20 bits per heavy atom. The third kappa shape index (κ3) is 2.75. The minimum absolute atomic E-state index is 0.213. The first-order chi connectivity index (χ1) is 9.69. The van der Waals surface area contributed by atoms with Gasteiger partial charge in [-0.15, -0.1) is 11.3 Å². The number of nitrogens with one attached hydrogen (secondary N) is 1. The summed E-state index contributed by atoms with van der Waals surface area (Å²) >= 11 is 14.1. The van der Waals surface area contributed by atoms with Gasteiger partial charge in [-0.25, -0.2) is 0 Å². The molecule has 1 unspecified atom stereocenters. The molecule has 1 atom stereocenters. The predicted octanol–water partition coefficient (Wildman–Crippen LogP) is 5.24. The summed E-state index contributed by atoms with van der Waals surface area (Å²) in [4.78, 5) is 2.94. The lowest BCUT2D eigenvalue weighted by atomic mass is 10.0. The number of rotatable bonds is 4. The van der Waals surface area contributed by atoms with E-state index in [0.717, 1.165) is 6.54 Å². The van der Waals surface area contributed by atoms with Crippen LogP contribution in [0, 0.1) is 0 Å². The first-order valence-electron chi connectivity index (χ1n) is 6.99. The fraction of sp³-hybridized carbons (Fsp3) is 0.375. The molecule has 0 radical (unpaired) electrons. The Morgan fingerprint density at radius 3 is 2.75 bits per heavy atom. The summed E-state index contributed by atoms with van der Waals surface area (Å²) in [5, 5.41) is 4.79. The molecule has 0 bridgehead atoms. The zero-order valence-corrected chi connectivity index (χ0v) is 13.7. The van der Waals surface area contributed by atoms with Crippen LogP contribution in [-0.4, -0.2) is 6.54 Å². The van der Waals surface area contributed by atoms with E-state index in [1.54, 1.807) is 4.88 Å². The highest BCUT2D eigenvalue weighted by Gasteiger charge is 2.21. The quantitative estimate of drug-likeness (QED) is 0.810. The molecule has 1 aliphatic rings. The van der Waals surface area contributed by atoms with Gasteiger partial charge in [-0.3, -0.25) is 0 Å². The summed E-state index contributed by atoms with van der Waals surface area (Å²) in [6.45, 7) is 3.05. The normalized spacial score (nSPS) is 15.3. The molecule has 1 heterocycles. The van der Waals surface area contributed by atoms with E-state index in [4.69, 9.17) is 23.2 Å². The molecule has 3 rings (SSSR count). The van der Waals surface area contributed by atoms with Crippen molar-refractivity contribution in [1.82, 2.24) is 5.32 Å². The van der Waals surface area contributed by atoms with Crippen LogP contribution in [0.25, 0.3) is 0 Å². The van der Waals surface area contributed by atoms with E-state index in [9.17, 15) is 0 Å². The van der Waals surface area contributed by atoms with E-state index >= 15 is 0 Å². The molecular formula is C16H17Cl2NS. The second-order valence-corrected chi connectivity index (χ2v) is 7.10. The monoisotopic (exact) mass is 325 g/mol. The van der Waals surface area contributed by atoms with Gasteiger partial charge in [0.2, 0.25) is 0 Å². The van der Waals surface area contributed by atoms with Crippen molar-refractivity contribution in [2.75, 3.05) is 6.54 Å². The number of hydrogen-bond donors (Lipinski definition) is 1. The molecule has 0 spiro atoms. The van der Waals surface area contributed by atoms with Crippen molar-refractivity contribution in [3.63, 3.8) is 0 Å². The molecule has 0 saturated carbocycles. The first kappa shape index (κ1) is 14.4. The summed E-state index contributed by atoms with van der Waals surface area (Å²) in [7, 11) is 0. The summed E-state index contributed by atoms with van der Waals surface area (Å²) in [6.07, 6.45) is 3.77. The van der Waals surface area contributed by atoms with E-state index in [-0.39, 0.29) is 6.04 Å². The van der Waals surface area contributed by atoms with Crippen molar-refractivity contribution in [2.45, 2.75) is 32.2 Å². The lowest BCUT2D eigenvalue weighted by Crippen LogP contribution is -2.21. The van der Waals surface area contributed by atoms with Crippen molar-refractivity contribution in [3.05, 3.63) is 55.2 Å². The molecule has 1 N–H and O–H groups in total. The van der Waals surface area contributed by atoms with Crippen LogP contribution in [0.1, 0.15) is 40.3 Å². The molecule has 1 aromatic carbocycles. The topological polar surface area (TPSA) is 12.0 Å². The molecule has 0 amide bonds. The Balaban J connectivity index is 1.96. The van der Waals surface area contributed by atoms with Crippen molar-refractivity contribution >= 4 is 34.5 Å². The molecule has 20 heavy (non-hydrogen) atoms. The van der Waals surface area contributed by atoms with Crippen LogP contribution in [0.5, 0.6) is 0 Å². The summed E-state index contributed by atoms with van der Waals surface area (Å²) < 4.78 is 0. The second-order valence-electron chi connectivity index (χ2n) is 5.11. The molecule has 1 aliphatic carbocycles.